The predicted molar refractivity (Wildman–Crippen MR) is 120 cm³/mol. The van der Waals surface area contributed by atoms with Crippen molar-refractivity contribution in [2.24, 2.45) is 0 Å². The number of anilines is 1. The molecule has 1 saturated heterocycles. The maximum Gasteiger partial charge on any atom is 0.254 e. The van der Waals surface area contributed by atoms with E-state index in [1.807, 2.05) is 4.90 Å². The number of carbonyl (C=O) groups is 2. The van der Waals surface area contributed by atoms with Crippen LogP contribution in [0.5, 0.6) is 0 Å². The van der Waals surface area contributed by atoms with Crippen LogP contribution in [0.3, 0.4) is 0 Å². The second kappa shape index (κ2) is 8.19. The lowest BCUT2D eigenvalue weighted by atomic mass is 10.1. The maximum absolute atomic E-state index is 15.1. The molecule has 1 aliphatic heterocycles. The molecule has 170 valence electrons. The first-order chi connectivity index (χ1) is 15.8. The van der Waals surface area contributed by atoms with E-state index >= 15 is 4.39 Å². The number of benzene rings is 2. The molecule has 1 amide bonds. The number of hydrogen-bond donors (Lipinski definition) is 0. The van der Waals surface area contributed by atoms with E-state index in [1.54, 1.807) is 39.8 Å². The highest BCUT2D eigenvalue weighted by molar-refractivity contribution is 6.30. The van der Waals surface area contributed by atoms with Gasteiger partial charge in [-0.05, 0) is 43.2 Å². The molecule has 2 aliphatic rings. The van der Waals surface area contributed by atoms with Crippen molar-refractivity contribution >= 4 is 40.1 Å². The molecule has 2 fully saturated rings. The van der Waals surface area contributed by atoms with Crippen LogP contribution < -0.4 is 15.4 Å². The third-order valence-electron chi connectivity index (χ3n) is 6.24. The van der Waals surface area contributed by atoms with E-state index in [2.05, 4.69) is 0 Å². The number of piperazine rings is 1. The highest BCUT2D eigenvalue weighted by atomic mass is 35.5. The largest absolute Gasteiger partial charge is 0.545 e. The number of carboxylic acids is 1. The monoisotopic (exact) mass is 468 g/mol. The van der Waals surface area contributed by atoms with E-state index in [9.17, 15) is 19.5 Å². The summed E-state index contributed by atoms with van der Waals surface area (Å²) in [6, 6.07) is 9.56. The summed E-state index contributed by atoms with van der Waals surface area (Å²) in [6.45, 7) is 1.64. The molecule has 0 radical (unpaired) electrons. The average Bonchev–Trinajstić information content (AvgIpc) is 3.64. The Hall–Kier alpha value is -3.39. The Kier molecular flexibility index (Phi) is 5.32. The van der Waals surface area contributed by atoms with Crippen LogP contribution in [0.4, 0.5) is 10.1 Å². The zero-order valence-electron chi connectivity index (χ0n) is 17.6. The molecule has 1 aromatic heterocycles. The van der Waals surface area contributed by atoms with Crippen molar-refractivity contribution in [3.8, 4) is 0 Å². The molecule has 0 unspecified atom stereocenters. The minimum absolute atomic E-state index is 0.0274. The fraction of sp³-hybridized carbons (Fsp3) is 0.292. The van der Waals surface area contributed by atoms with Gasteiger partial charge < -0.3 is 24.3 Å². The van der Waals surface area contributed by atoms with Gasteiger partial charge in [0.05, 0.1) is 22.7 Å². The fourth-order valence-corrected chi connectivity index (χ4v) is 4.55. The first-order valence-electron chi connectivity index (χ1n) is 10.7. The Morgan fingerprint density at radius 2 is 1.79 bits per heavy atom. The number of halogens is 2. The minimum atomic E-state index is -1.57. The predicted octanol–water partition coefficient (Wildman–Crippen LogP) is 2.45. The lowest BCUT2D eigenvalue weighted by Crippen LogP contribution is -2.49. The summed E-state index contributed by atoms with van der Waals surface area (Å²) in [7, 11) is 0. The summed E-state index contributed by atoms with van der Waals surface area (Å²) in [4.78, 5) is 40.3. The van der Waals surface area contributed by atoms with E-state index < -0.39 is 22.8 Å². The molecule has 3 aromatic rings. The van der Waals surface area contributed by atoms with E-state index in [1.165, 1.54) is 6.20 Å². The highest BCUT2D eigenvalue weighted by Crippen LogP contribution is 2.38. The summed E-state index contributed by atoms with van der Waals surface area (Å²) < 4.78 is 16.8. The highest BCUT2D eigenvalue weighted by Gasteiger charge is 2.28. The summed E-state index contributed by atoms with van der Waals surface area (Å²) in [5.41, 5.74) is 0.123. The number of aromatic carboxylic acids is 1. The first kappa shape index (κ1) is 21.5. The van der Waals surface area contributed by atoms with Crippen LogP contribution in [0.15, 0.2) is 47.4 Å². The van der Waals surface area contributed by atoms with Gasteiger partial charge in [-0.25, -0.2) is 4.39 Å². The Bertz CT molecular complexity index is 1340. The molecular formula is C24H20ClFN3O4-. The Balaban J connectivity index is 1.44. The number of fused-ring (bicyclic) bond motifs is 1. The van der Waals surface area contributed by atoms with Crippen molar-refractivity contribution in [3.05, 3.63) is 74.8 Å². The van der Waals surface area contributed by atoms with Crippen LogP contribution in [0, 0.1) is 5.82 Å². The molecule has 0 spiro atoms. The molecule has 9 heteroatoms. The molecule has 5 rings (SSSR count). The quantitative estimate of drug-likeness (QED) is 0.587. The number of carbonyl (C=O) groups excluding carboxylic acids is 2. The number of aromatic nitrogens is 1. The number of amides is 1. The van der Waals surface area contributed by atoms with Crippen LogP contribution in [-0.2, 0) is 0 Å². The lowest BCUT2D eigenvalue weighted by molar-refractivity contribution is -0.255. The van der Waals surface area contributed by atoms with Crippen molar-refractivity contribution in [2.45, 2.75) is 18.9 Å². The van der Waals surface area contributed by atoms with Crippen LogP contribution in [0.1, 0.15) is 39.6 Å². The number of nitrogens with zero attached hydrogens (tertiary/aromatic N) is 3. The van der Waals surface area contributed by atoms with Crippen molar-refractivity contribution in [2.75, 3.05) is 31.1 Å². The summed E-state index contributed by atoms with van der Waals surface area (Å²) in [5, 5.41) is 11.9. The van der Waals surface area contributed by atoms with E-state index in [4.69, 9.17) is 11.6 Å². The van der Waals surface area contributed by atoms with E-state index in [-0.39, 0.29) is 17.3 Å². The van der Waals surface area contributed by atoms with Crippen molar-refractivity contribution in [1.29, 1.82) is 0 Å². The van der Waals surface area contributed by atoms with Gasteiger partial charge in [0.2, 0.25) is 0 Å². The normalized spacial score (nSPS) is 16.3. The van der Waals surface area contributed by atoms with Gasteiger partial charge >= 0.3 is 0 Å². The first-order valence-corrected chi connectivity index (χ1v) is 11.1. The SMILES string of the molecule is O=C([O-])c1cn(C2CC2)c2cc(N3CCN(C(=O)c4cccc(Cl)c4)CC3)c(F)cc2c1=O. The van der Waals surface area contributed by atoms with Gasteiger partial charge in [-0.2, -0.15) is 0 Å². The zero-order chi connectivity index (χ0) is 23.3. The van der Waals surface area contributed by atoms with E-state index in [0.29, 0.717) is 48.0 Å². The smallest absolute Gasteiger partial charge is 0.254 e. The van der Waals surface area contributed by atoms with Gasteiger partial charge in [0, 0.05) is 54.4 Å². The molecule has 33 heavy (non-hydrogen) atoms. The summed E-state index contributed by atoms with van der Waals surface area (Å²) in [5.74, 6) is -2.30. The van der Waals surface area contributed by atoms with Crippen LogP contribution in [0.25, 0.3) is 10.9 Å². The van der Waals surface area contributed by atoms with Gasteiger partial charge in [-0.15, -0.1) is 0 Å². The van der Waals surface area contributed by atoms with Crippen molar-refractivity contribution in [3.63, 3.8) is 0 Å². The molecule has 1 aliphatic carbocycles. The number of rotatable bonds is 4. The Morgan fingerprint density at radius 1 is 1.06 bits per heavy atom. The van der Waals surface area contributed by atoms with Crippen LogP contribution in [-0.4, -0.2) is 47.5 Å². The van der Waals surface area contributed by atoms with Crippen LogP contribution >= 0.6 is 11.6 Å². The van der Waals surface area contributed by atoms with Gasteiger partial charge in [-0.1, -0.05) is 17.7 Å². The minimum Gasteiger partial charge on any atom is -0.545 e. The van der Waals surface area contributed by atoms with Crippen molar-refractivity contribution < 1.29 is 19.1 Å². The number of carboxylic acid groups (broad SMARTS) is 1. The Morgan fingerprint density at radius 3 is 2.42 bits per heavy atom. The summed E-state index contributed by atoms with van der Waals surface area (Å²) in [6.07, 6.45) is 3.03. The van der Waals surface area contributed by atoms with Crippen molar-refractivity contribution in [1.82, 2.24) is 9.47 Å². The third kappa shape index (κ3) is 3.95. The molecule has 1 saturated carbocycles. The third-order valence-corrected chi connectivity index (χ3v) is 6.48. The molecule has 0 N–H and O–H groups in total. The molecule has 0 bridgehead atoms. The molecule has 0 atom stereocenters. The average molecular weight is 469 g/mol. The maximum atomic E-state index is 15.1. The van der Waals surface area contributed by atoms with Crippen LogP contribution in [0.2, 0.25) is 5.02 Å². The molecule has 2 heterocycles. The topological polar surface area (TPSA) is 85.7 Å². The second-order valence-corrected chi connectivity index (χ2v) is 8.84. The second-order valence-electron chi connectivity index (χ2n) is 8.41. The number of pyridine rings is 1. The number of hydrogen-bond acceptors (Lipinski definition) is 5. The van der Waals surface area contributed by atoms with Gasteiger partial charge in [-0.3, -0.25) is 9.59 Å². The Labute approximate surface area is 193 Å². The summed E-state index contributed by atoms with van der Waals surface area (Å²) >= 11 is 5.99. The molecular weight excluding hydrogens is 449 g/mol. The lowest BCUT2D eigenvalue weighted by Gasteiger charge is -2.36. The zero-order valence-corrected chi connectivity index (χ0v) is 18.3. The molecule has 2 aromatic carbocycles. The van der Waals surface area contributed by atoms with Gasteiger partial charge in [0.15, 0.2) is 5.43 Å². The van der Waals surface area contributed by atoms with E-state index in [0.717, 1.165) is 18.9 Å². The molecule has 7 nitrogen and oxygen atoms in total. The standard InChI is InChI=1S/C24H21ClFN3O4/c25-15-3-1-2-14(10-15)23(31)28-8-6-27(7-9-28)21-12-20-17(11-19(21)26)22(30)18(24(32)33)13-29(20)16-4-5-16/h1-3,10-13,16H,4-9H2,(H,32,33)/p-1. The van der Waals surface area contributed by atoms with Gasteiger partial charge in [0.1, 0.15) is 5.82 Å². The van der Waals surface area contributed by atoms with Gasteiger partial charge in [0.25, 0.3) is 5.91 Å². The fourth-order valence-electron chi connectivity index (χ4n) is 4.36.